The smallest absolute Gasteiger partial charge is 0.407 e. The molecular weight excluding hydrogens is 455 g/mol. The number of benzene rings is 1. The van der Waals surface area contributed by atoms with Gasteiger partial charge in [-0.25, -0.2) is 19.2 Å². The Balaban J connectivity index is 1.84. The Labute approximate surface area is 202 Å². The Morgan fingerprint density at radius 1 is 1.26 bits per heavy atom. The first-order valence-corrected chi connectivity index (χ1v) is 11.4. The zero-order valence-electron chi connectivity index (χ0n) is 19.9. The van der Waals surface area contributed by atoms with Crippen LogP contribution in [0, 0.1) is 5.82 Å². The fourth-order valence-corrected chi connectivity index (χ4v) is 4.55. The highest BCUT2D eigenvalue weighted by Gasteiger charge is 2.30. The topological polar surface area (TPSA) is 115 Å². The number of hydrogen-bond acceptors (Lipinski definition) is 6. The van der Waals surface area contributed by atoms with Gasteiger partial charge in [-0.1, -0.05) is 12.1 Å². The van der Waals surface area contributed by atoms with Crippen LogP contribution in [0.1, 0.15) is 25.8 Å². The first-order chi connectivity index (χ1) is 16.8. The van der Waals surface area contributed by atoms with Crippen molar-refractivity contribution in [3.05, 3.63) is 52.7 Å². The van der Waals surface area contributed by atoms with Crippen LogP contribution < -0.4 is 10.9 Å². The number of rotatable bonds is 7. The first-order valence-electron chi connectivity index (χ1n) is 11.4. The molecule has 2 aromatic heterocycles. The number of likely N-dealkylation sites (tertiary alicyclic amines) is 1. The third-order valence-corrected chi connectivity index (χ3v) is 6.20. The van der Waals surface area contributed by atoms with Crippen molar-refractivity contribution in [3.8, 4) is 22.5 Å². The average molecular weight is 485 g/mol. The number of amides is 1. The van der Waals surface area contributed by atoms with E-state index in [1.807, 2.05) is 11.6 Å². The largest absolute Gasteiger partial charge is 0.465 e. The minimum atomic E-state index is -0.950. The van der Waals surface area contributed by atoms with E-state index in [2.05, 4.69) is 10.3 Å². The Hall–Kier alpha value is -3.73. The molecule has 0 saturated carbocycles. The molecule has 3 aromatic rings. The van der Waals surface area contributed by atoms with Crippen molar-refractivity contribution in [2.45, 2.75) is 31.8 Å². The Bertz CT molecular complexity index is 1250. The standard InChI is InChI=1S/C24H29FN6O4/c1-15(14-35-3)27-23-26-11-8-19(28-23)21-20(16-4-6-17(25)7-5-16)22(32)29(2)31(21)18-9-12-30(13-10-18)24(33)34/h4-8,11,15,18H,9-10,12-14H2,1-3H3,(H,33,34)(H,26,27,28). The van der Waals surface area contributed by atoms with E-state index in [0.29, 0.717) is 61.0 Å². The first kappa shape index (κ1) is 24.4. The monoisotopic (exact) mass is 484 g/mol. The van der Waals surface area contributed by atoms with E-state index < -0.39 is 11.9 Å². The molecule has 0 radical (unpaired) electrons. The van der Waals surface area contributed by atoms with E-state index >= 15 is 0 Å². The van der Waals surface area contributed by atoms with Crippen molar-refractivity contribution in [1.29, 1.82) is 0 Å². The molecule has 1 aliphatic rings. The van der Waals surface area contributed by atoms with E-state index in [0.717, 1.165) is 0 Å². The lowest BCUT2D eigenvalue weighted by atomic mass is 10.0. The molecule has 10 nitrogen and oxygen atoms in total. The second-order valence-electron chi connectivity index (χ2n) is 8.67. The third-order valence-electron chi connectivity index (χ3n) is 6.20. The van der Waals surface area contributed by atoms with Crippen LogP contribution in [0.3, 0.4) is 0 Å². The maximum absolute atomic E-state index is 13.7. The van der Waals surface area contributed by atoms with Crippen LogP contribution in [0.25, 0.3) is 22.5 Å². The summed E-state index contributed by atoms with van der Waals surface area (Å²) < 4.78 is 22.3. The highest BCUT2D eigenvalue weighted by Crippen LogP contribution is 2.34. The molecule has 2 N–H and O–H groups in total. The van der Waals surface area contributed by atoms with Crippen LogP contribution in [0.4, 0.5) is 15.1 Å². The SMILES string of the molecule is COCC(C)Nc1nccc(-c2c(-c3ccc(F)cc3)c(=O)n(C)n2C2CCN(C(=O)O)CC2)n1. The van der Waals surface area contributed by atoms with Crippen LogP contribution >= 0.6 is 0 Å². The number of ether oxygens (including phenoxy) is 1. The average Bonchev–Trinajstić information content (AvgIpc) is 3.10. The van der Waals surface area contributed by atoms with Gasteiger partial charge in [-0.15, -0.1) is 0 Å². The number of halogens is 1. The molecule has 1 unspecified atom stereocenters. The number of hydrogen-bond donors (Lipinski definition) is 2. The van der Waals surface area contributed by atoms with Crippen molar-refractivity contribution in [2.24, 2.45) is 7.05 Å². The van der Waals surface area contributed by atoms with Gasteiger partial charge in [0.2, 0.25) is 5.95 Å². The molecule has 1 amide bonds. The fourth-order valence-electron chi connectivity index (χ4n) is 4.55. The number of methoxy groups -OCH3 is 1. The van der Waals surface area contributed by atoms with E-state index in [9.17, 15) is 19.1 Å². The lowest BCUT2D eigenvalue weighted by molar-refractivity contribution is 0.122. The molecule has 0 aliphatic carbocycles. The molecule has 1 aliphatic heterocycles. The van der Waals surface area contributed by atoms with Crippen LogP contribution in [-0.4, -0.2) is 68.3 Å². The summed E-state index contributed by atoms with van der Waals surface area (Å²) in [6, 6.07) is 7.37. The summed E-state index contributed by atoms with van der Waals surface area (Å²) in [5.74, 6) is -0.00564. The van der Waals surface area contributed by atoms with Gasteiger partial charge in [0, 0.05) is 39.5 Å². The molecule has 1 aromatic carbocycles. The zero-order chi connectivity index (χ0) is 25.1. The van der Waals surface area contributed by atoms with Crippen molar-refractivity contribution in [2.75, 3.05) is 32.1 Å². The molecular formula is C24H29FN6O4. The minimum Gasteiger partial charge on any atom is -0.465 e. The van der Waals surface area contributed by atoms with Gasteiger partial charge in [-0.2, -0.15) is 0 Å². The summed E-state index contributed by atoms with van der Waals surface area (Å²) in [6.45, 7) is 3.14. The highest BCUT2D eigenvalue weighted by atomic mass is 19.1. The molecule has 35 heavy (non-hydrogen) atoms. The number of carbonyl (C=O) groups is 1. The number of nitrogens with one attached hydrogen (secondary N) is 1. The van der Waals surface area contributed by atoms with Gasteiger partial charge in [0.15, 0.2) is 0 Å². The predicted molar refractivity (Wildman–Crippen MR) is 129 cm³/mol. The molecule has 3 heterocycles. The number of piperidine rings is 1. The van der Waals surface area contributed by atoms with Crippen LogP contribution in [0.5, 0.6) is 0 Å². The second-order valence-corrected chi connectivity index (χ2v) is 8.67. The van der Waals surface area contributed by atoms with Gasteiger partial charge in [0.05, 0.1) is 29.6 Å². The van der Waals surface area contributed by atoms with Crippen molar-refractivity contribution in [1.82, 2.24) is 24.2 Å². The molecule has 0 bridgehead atoms. The number of nitrogens with zero attached hydrogens (tertiary/aromatic N) is 5. The van der Waals surface area contributed by atoms with Gasteiger partial charge in [0.25, 0.3) is 5.56 Å². The maximum atomic E-state index is 13.7. The van der Waals surface area contributed by atoms with Crippen molar-refractivity contribution in [3.63, 3.8) is 0 Å². The molecule has 1 fully saturated rings. The van der Waals surface area contributed by atoms with Crippen LogP contribution in [0.2, 0.25) is 0 Å². The van der Waals surface area contributed by atoms with E-state index in [1.165, 1.54) is 21.7 Å². The highest BCUT2D eigenvalue weighted by molar-refractivity contribution is 5.79. The van der Waals surface area contributed by atoms with Crippen LogP contribution in [-0.2, 0) is 11.8 Å². The normalized spacial score (nSPS) is 15.3. The minimum absolute atomic E-state index is 0.0369. The van der Waals surface area contributed by atoms with Gasteiger partial charge >= 0.3 is 6.09 Å². The van der Waals surface area contributed by atoms with Gasteiger partial charge in [0.1, 0.15) is 5.82 Å². The van der Waals surface area contributed by atoms with E-state index in [4.69, 9.17) is 9.72 Å². The maximum Gasteiger partial charge on any atom is 0.407 e. The summed E-state index contributed by atoms with van der Waals surface area (Å²) in [6.07, 6.45) is 1.76. The zero-order valence-corrected chi connectivity index (χ0v) is 19.9. The van der Waals surface area contributed by atoms with E-state index in [1.54, 1.807) is 38.6 Å². The second kappa shape index (κ2) is 10.3. The number of anilines is 1. The van der Waals surface area contributed by atoms with Crippen molar-refractivity contribution < 1.29 is 19.0 Å². The summed E-state index contributed by atoms with van der Waals surface area (Å²) >= 11 is 0. The third kappa shape index (κ3) is 5.04. The molecule has 4 rings (SSSR count). The fraction of sp³-hybridized carbons (Fsp3) is 0.417. The summed E-state index contributed by atoms with van der Waals surface area (Å²) in [4.78, 5) is 35.3. The lowest BCUT2D eigenvalue weighted by Crippen LogP contribution is -2.39. The summed E-state index contributed by atoms with van der Waals surface area (Å²) in [5.41, 5.74) is 1.85. The molecule has 1 atom stereocenters. The Morgan fingerprint density at radius 2 is 1.94 bits per heavy atom. The lowest BCUT2D eigenvalue weighted by Gasteiger charge is -2.32. The number of aromatic nitrogens is 4. The van der Waals surface area contributed by atoms with Gasteiger partial charge in [-0.05, 0) is 43.5 Å². The molecule has 11 heteroatoms. The van der Waals surface area contributed by atoms with Crippen molar-refractivity contribution >= 4 is 12.0 Å². The molecule has 0 spiro atoms. The summed E-state index contributed by atoms with van der Waals surface area (Å²) in [7, 11) is 3.30. The van der Waals surface area contributed by atoms with Crippen LogP contribution in [0.15, 0.2) is 41.3 Å². The van der Waals surface area contributed by atoms with E-state index in [-0.39, 0.29) is 17.6 Å². The van der Waals surface area contributed by atoms with Gasteiger partial charge in [-0.3, -0.25) is 14.2 Å². The predicted octanol–water partition coefficient (Wildman–Crippen LogP) is 3.21. The molecule has 1 saturated heterocycles. The quantitative estimate of drug-likeness (QED) is 0.529. The summed E-state index contributed by atoms with van der Waals surface area (Å²) in [5, 5.41) is 12.5. The molecule has 186 valence electrons. The van der Waals surface area contributed by atoms with Gasteiger partial charge < -0.3 is 20.1 Å². The Kier molecular flexibility index (Phi) is 7.15. The number of carboxylic acid groups (broad SMARTS) is 1. The Morgan fingerprint density at radius 3 is 2.57 bits per heavy atom.